The Bertz CT molecular complexity index is 738. The van der Waals surface area contributed by atoms with E-state index in [9.17, 15) is 0 Å². The number of benzene rings is 2. The highest BCUT2D eigenvalue weighted by molar-refractivity contribution is 5.75. The first-order valence-corrected chi connectivity index (χ1v) is 6.63. The molecule has 0 spiro atoms. The summed E-state index contributed by atoms with van der Waals surface area (Å²) in [7, 11) is 0. The molecule has 0 amide bonds. The van der Waals surface area contributed by atoms with Crippen LogP contribution in [0.25, 0.3) is 11.0 Å². The molecule has 3 aromatic rings. The molecule has 0 bridgehead atoms. The van der Waals surface area contributed by atoms with Crippen LogP contribution in [0, 0.1) is 20.8 Å². The summed E-state index contributed by atoms with van der Waals surface area (Å²) in [6, 6.07) is 15.0. The van der Waals surface area contributed by atoms with E-state index in [0.717, 1.165) is 17.9 Å². The molecular weight excluding hydrogens is 232 g/mol. The number of imidazole rings is 1. The Labute approximate surface area is 113 Å². The summed E-state index contributed by atoms with van der Waals surface area (Å²) in [6.45, 7) is 7.27. The maximum Gasteiger partial charge on any atom is 0.107 e. The van der Waals surface area contributed by atoms with E-state index in [1.54, 1.807) is 0 Å². The topological polar surface area (TPSA) is 17.8 Å². The van der Waals surface area contributed by atoms with Gasteiger partial charge in [0.25, 0.3) is 0 Å². The second kappa shape index (κ2) is 4.54. The van der Waals surface area contributed by atoms with Crippen LogP contribution >= 0.6 is 0 Å². The highest BCUT2D eigenvalue weighted by atomic mass is 15.1. The second-order valence-electron chi connectivity index (χ2n) is 5.15. The van der Waals surface area contributed by atoms with Crippen LogP contribution in [0.3, 0.4) is 0 Å². The molecule has 19 heavy (non-hydrogen) atoms. The second-order valence-corrected chi connectivity index (χ2v) is 5.15. The van der Waals surface area contributed by atoms with Gasteiger partial charge in [-0.3, -0.25) is 0 Å². The lowest BCUT2D eigenvalue weighted by Gasteiger charge is -2.09. The molecule has 2 aromatic carbocycles. The van der Waals surface area contributed by atoms with Gasteiger partial charge in [0.2, 0.25) is 0 Å². The molecule has 2 heteroatoms. The van der Waals surface area contributed by atoms with Crippen LogP contribution in [0.15, 0.2) is 42.5 Å². The Morgan fingerprint density at radius 1 is 0.947 bits per heavy atom. The van der Waals surface area contributed by atoms with Gasteiger partial charge in [0.1, 0.15) is 5.82 Å². The molecule has 96 valence electrons. The van der Waals surface area contributed by atoms with Gasteiger partial charge < -0.3 is 4.57 Å². The van der Waals surface area contributed by atoms with Crippen molar-refractivity contribution in [2.45, 2.75) is 27.3 Å². The quantitative estimate of drug-likeness (QED) is 0.672. The molecule has 0 saturated heterocycles. The maximum atomic E-state index is 4.61. The van der Waals surface area contributed by atoms with Gasteiger partial charge in [0.15, 0.2) is 0 Å². The monoisotopic (exact) mass is 250 g/mol. The molecule has 0 saturated carbocycles. The maximum absolute atomic E-state index is 4.61. The van der Waals surface area contributed by atoms with Crippen molar-refractivity contribution in [3.05, 3.63) is 65.0 Å². The molecule has 1 heterocycles. The smallest absolute Gasteiger partial charge is 0.107 e. The molecule has 0 fully saturated rings. The largest absolute Gasteiger partial charge is 0.324 e. The van der Waals surface area contributed by atoms with Gasteiger partial charge in [0, 0.05) is 6.54 Å². The highest BCUT2D eigenvalue weighted by Crippen LogP contribution is 2.18. The van der Waals surface area contributed by atoms with Crippen LogP contribution in [0.1, 0.15) is 22.5 Å². The van der Waals surface area contributed by atoms with Gasteiger partial charge in [0.05, 0.1) is 11.0 Å². The van der Waals surface area contributed by atoms with Gasteiger partial charge in [-0.1, -0.05) is 30.3 Å². The van der Waals surface area contributed by atoms with Crippen LogP contribution in [0.2, 0.25) is 0 Å². The molecule has 0 radical (unpaired) electrons. The van der Waals surface area contributed by atoms with Gasteiger partial charge in [-0.2, -0.15) is 0 Å². The first-order valence-electron chi connectivity index (χ1n) is 6.63. The van der Waals surface area contributed by atoms with Crippen LogP contribution < -0.4 is 0 Å². The summed E-state index contributed by atoms with van der Waals surface area (Å²) in [5, 5.41) is 0. The van der Waals surface area contributed by atoms with Gasteiger partial charge in [-0.15, -0.1) is 0 Å². The molecule has 3 rings (SSSR count). The highest BCUT2D eigenvalue weighted by Gasteiger charge is 2.07. The summed E-state index contributed by atoms with van der Waals surface area (Å²) in [5.41, 5.74) is 6.30. The predicted molar refractivity (Wildman–Crippen MR) is 79.5 cm³/mol. The molecule has 0 aliphatic heterocycles. The third-order valence-electron chi connectivity index (χ3n) is 3.76. The normalized spacial score (nSPS) is 11.1. The van der Waals surface area contributed by atoms with Crippen molar-refractivity contribution in [2.24, 2.45) is 0 Å². The first-order chi connectivity index (χ1) is 9.15. The zero-order valence-electron chi connectivity index (χ0n) is 11.6. The standard InChI is InChI=1S/C17H18N2/c1-12-8-9-15(10-13(12)2)11-19-14(3)18-16-6-4-5-7-17(16)19/h4-10H,11H2,1-3H3. The van der Waals surface area contributed by atoms with E-state index in [-0.39, 0.29) is 0 Å². The van der Waals surface area contributed by atoms with Crippen LogP contribution in [-0.4, -0.2) is 9.55 Å². The predicted octanol–water partition coefficient (Wildman–Crippen LogP) is 4.01. The van der Waals surface area contributed by atoms with Crippen molar-refractivity contribution in [1.82, 2.24) is 9.55 Å². The number of nitrogens with zero attached hydrogens (tertiary/aromatic N) is 2. The van der Waals surface area contributed by atoms with Gasteiger partial charge in [-0.25, -0.2) is 4.98 Å². The third-order valence-corrected chi connectivity index (χ3v) is 3.76. The Hall–Kier alpha value is -2.09. The average Bonchev–Trinajstić information content (AvgIpc) is 2.71. The molecule has 0 aliphatic carbocycles. The van der Waals surface area contributed by atoms with Gasteiger partial charge in [-0.05, 0) is 49.6 Å². The summed E-state index contributed by atoms with van der Waals surface area (Å²) < 4.78 is 2.28. The van der Waals surface area contributed by atoms with Crippen molar-refractivity contribution in [1.29, 1.82) is 0 Å². The molecule has 0 aliphatic rings. The van der Waals surface area contributed by atoms with Crippen molar-refractivity contribution in [3.8, 4) is 0 Å². The molecule has 2 nitrogen and oxygen atoms in total. The van der Waals surface area contributed by atoms with E-state index in [4.69, 9.17) is 0 Å². The molecular formula is C17H18N2. The van der Waals surface area contributed by atoms with Crippen molar-refractivity contribution in [3.63, 3.8) is 0 Å². The van der Waals surface area contributed by atoms with Crippen LogP contribution in [0.4, 0.5) is 0 Å². The molecule has 1 aromatic heterocycles. The summed E-state index contributed by atoms with van der Waals surface area (Å²) in [4.78, 5) is 4.61. The fraction of sp³-hybridized carbons (Fsp3) is 0.235. The van der Waals surface area contributed by atoms with E-state index in [1.165, 1.54) is 22.2 Å². The first kappa shape index (κ1) is 12.0. The van der Waals surface area contributed by atoms with E-state index < -0.39 is 0 Å². The van der Waals surface area contributed by atoms with E-state index in [0.29, 0.717) is 0 Å². The minimum absolute atomic E-state index is 0.882. The zero-order valence-corrected chi connectivity index (χ0v) is 11.6. The Balaban J connectivity index is 2.05. The number of hydrogen-bond donors (Lipinski definition) is 0. The number of hydrogen-bond acceptors (Lipinski definition) is 1. The number of fused-ring (bicyclic) bond motifs is 1. The van der Waals surface area contributed by atoms with Crippen molar-refractivity contribution < 1.29 is 0 Å². The van der Waals surface area contributed by atoms with Crippen molar-refractivity contribution >= 4 is 11.0 Å². The lowest BCUT2D eigenvalue weighted by Crippen LogP contribution is -2.02. The van der Waals surface area contributed by atoms with E-state index >= 15 is 0 Å². The zero-order chi connectivity index (χ0) is 13.4. The average molecular weight is 250 g/mol. The third kappa shape index (κ3) is 2.14. The van der Waals surface area contributed by atoms with Gasteiger partial charge >= 0.3 is 0 Å². The fourth-order valence-corrected chi connectivity index (χ4v) is 2.48. The minimum atomic E-state index is 0.882. The minimum Gasteiger partial charge on any atom is -0.324 e. The Morgan fingerprint density at radius 3 is 2.53 bits per heavy atom. The molecule has 0 atom stereocenters. The number of aromatic nitrogens is 2. The molecule has 0 N–H and O–H groups in total. The summed E-state index contributed by atoms with van der Waals surface area (Å²) >= 11 is 0. The lowest BCUT2D eigenvalue weighted by molar-refractivity contribution is 0.785. The number of aryl methyl sites for hydroxylation is 3. The van der Waals surface area contributed by atoms with Crippen LogP contribution in [0.5, 0.6) is 0 Å². The Kier molecular flexibility index (Phi) is 2.86. The van der Waals surface area contributed by atoms with Crippen LogP contribution in [-0.2, 0) is 6.54 Å². The fourth-order valence-electron chi connectivity index (χ4n) is 2.48. The molecule has 0 unspecified atom stereocenters. The number of para-hydroxylation sites is 2. The lowest BCUT2D eigenvalue weighted by atomic mass is 10.1. The summed E-state index contributed by atoms with van der Waals surface area (Å²) in [6.07, 6.45) is 0. The Morgan fingerprint density at radius 2 is 1.74 bits per heavy atom. The summed E-state index contributed by atoms with van der Waals surface area (Å²) in [5.74, 6) is 1.07. The SMILES string of the molecule is Cc1ccc(Cn2c(C)nc3ccccc32)cc1C. The number of rotatable bonds is 2. The van der Waals surface area contributed by atoms with E-state index in [1.807, 2.05) is 6.07 Å². The van der Waals surface area contributed by atoms with E-state index in [2.05, 4.69) is 66.7 Å². The van der Waals surface area contributed by atoms with Crippen molar-refractivity contribution in [2.75, 3.05) is 0 Å².